The van der Waals surface area contributed by atoms with Crippen LogP contribution in [0.4, 0.5) is 32.0 Å². The largest absolute Gasteiger partial charge is 0.488 e. The Labute approximate surface area is 209 Å². The highest BCUT2D eigenvalue weighted by Gasteiger charge is 2.71. The van der Waals surface area contributed by atoms with Crippen LogP contribution >= 0.6 is 11.8 Å². The summed E-state index contributed by atoms with van der Waals surface area (Å²) in [4.78, 5) is 0.966. The Morgan fingerprint density at radius 1 is 1.11 bits per heavy atom. The number of allylic oxidation sites excluding steroid dienone is 1. The van der Waals surface area contributed by atoms with Crippen LogP contribution in [0.5, 0.6) is 5.75 Å². The van der Waals surface area contributed by atoms with Crippen LogP contribution in [-0.4, -0.2) is 29.8 Å². The summed E-state index contributed by atoms with van der Waals surface area (Å²) in [5.41, 5.74) is -4.17. The lowest BCUT2D eigenvalue weighted by Gasteiger charge is -2.49. The number of ether oxygens (including phenoxy) is 1. The Morgan fingerprint density at radius 3 is 2.39 bits per heavy atom. The van der Waals surface area contributed by atoms with Gasteiger partial charge in [-0.2, -0.15) is 26.3 Å². The molecule has 0 fully saturated rings. The summed E-state index contributed by atoms with van der Waals surface area (Å²) in [6.45, 7) is 8.00. The summed E-state index contributed by atoms with van der Waals surface area (Å²) in [5, 5.41) is 13.3. The van der Waals surface area contributed by atoms with Gasteiger partial charge < -0.3 is 15.2 Å². The molecule has 0 amide bonds. The van der Waals surface area contributed by atoms with E-state index in [1.165, 1.54) is 6.07 Å². The fourth-order valence-electron chi connectivity index (χ4n) is 4.92. The monoisotopic (exact) mass is 531 g/mol. The van der Waals surface area contributed by atoms with Crippen LogP contribution < -0.4 is 10.1 Å². The third kappa shape index (κ3) is 4.26. The molecule has 2 aliphatic rings. The zero-order chi connectivity index (χ0) is 26.7. The van der Waals surface area contributed by atoms with E-state index in [4.69, 9.17) is 4.74 Å². The molecule has 2 unspecified atom stereocenters. The highest BCUT2D eigenvalue weighted by Crippen LogP contribution is 2.57. The minimum Gasteiger partial charge on any atom is -0.488 e. The first-order chi connectivity index (χ1) is 16.6. The molecule has 0 bridgehead atoms. The van der Waals surface area contributed by atoms with Crippen molar-refractivity contribution in [2.75, 3.05) is 17.7 Å². The van der Waals surface area contributed by atoms with Crippen molar-refractivity contribution in [3.63, 3.8) is 0 Å². The van der Waals surface area contributed by atoms with Gasteiger partial charge in [0.1, 0.15) is 12.4 Å². The van der Waals surface area contributed by atoms with Gasteiger partial charge in [-0.1, -0.05) is 37.6 Å². The van der Waals surface area contributed by atoms with Gasteiger partial charge in [0.25, 0.3) is 5.60 Å². The van der Waals surface area contributed by atoms with Crippen molar-refractivity contribution in [1.29, 1.82) is 0 Å². The number of benzene rings is 2. The molecule has 2 atom stereocenters. The highest BCUT2D eigenvalue weighted by atomic mass is 32.2. The maximum absolute atomic E-state index is 13.5. The van der Waals surface area contributed by atoms with Gasteiger partial charge in [-0.25, -0.2) is 0 Å². The fourth-order valence-corrected chi connectivity index (χ4v) is 6.50. The molecule has 10 heteroatoms. The third-order valence-corrected chi connectivity index (χ3v) is 8.33. The number of nitrogens with one attached hydrogen (secondary N) is 1. The number of halogens is 6. The summed E-state index contributed by atoms with van der Waals surface area (Å²) >= 11 is 1.56. The molecule has 2 aromatic carbocycles. The van der Waals surface area contributed by atoms with Crippen molar-refractivity contribution in [3.05, 3.63) is 64.7 Å². The minimum atomic E-state index is -5.93. The van der Waals surface area contributed by atoms with E-state index in [0.717, 1.165) is 27.8 Å². The van der Waals surface area contributed by atoms with Gasteiger partial charge in [0, 0.05) is 22.9 Å². The molecular formula is C26H27F6NO2S. The van der Waals surface area contributed by atoms with Crippen LogP contribution in [0.25, 0.3) is 0 Å². The Hall–Kier alpha value is -2.33. The molecule has 0 spiro atoms. The second-order valence-electron chi connectivity index (χ2n) is 9.99. The number of fused-ring (bicyclic) bond motifs is 4. The first-order valence-electron chi connectivity index (χ1n) is 11.4. The zero-order valence-electron chi connectivity index (χ0n) is 20.1. The molecule has 2 heterocycles. The van der Waals surface area contributed by atoms with E-state index in [-0.39, 0.29) is 12.0 Å². The van der Waals surface area contributed by atoms with Crippen molar-refractivity contribution in [2.45, 2.75) is 62.0 Å². The van der Waals surface area contributed by atoms with Gasteiger partial charge >= 0.3 is 12.4 Å². The predicted molar refractivity (Wildman–Crippen MR) is 127 cm³/mol. The normalized spacial score (nSPS) is 21.0. The average molecular weight is 532 g/mol. The standard InChI is InChI=1S/C26H27F6NO2S/c1-14(2)10-11-35-20-7-5-6-16-21-18(13-36-22(16)20)23(3,4)17-12-15(8-9-19(17)33-21)24(34,25(27,28)29)26(30,31)32/h5-10,12,18,21,33-34H,11,13H2,1-4H3. The van der Waals surface area contributed by atoms with Gasteiger partial charge in [0.05, 0.1) is 10.9 Å². The van der Waals surface area contributed by atoms with E-state index in [2.05, 4.69) is 5.32 Å². The van der Waals surface area contributed by atoms with Crippen LogP contribution in [0.3, 0.4) is 0 Å². The second-order valence-corrected chi connectivity index (χ2v) is 11.0. The molecule has 0 aromatic heterocycles. The second kappa shape index (κ2) is 8.90. The highest BCUT2D eigenvalue weighted by molar-refractivity contribution is 7.99. The molecule has 2 N–H and O–H groups in total. The number of thioether (sulfide) groups is 1. The number of alkyl halides is 6. The van der Waals surface area contributed by atoms with E-state index in [9.17, 15) is 31.4 Å². The number of rotatable bonds is 4. The fraction of sp³-hybridized carbons (Fsp3) is 0.462. The predicted octanol–water partition coefficient (Wildman–Crippen LogP) is 7.51. The zero-order valence-corrected chi connectivity index (χ0v) is 21.0. The summed E-state index contributed by atoms with van der Waals surface area (Å²) in [6, 6.07) is 8.24. The van der Waals surface area contributed by atoms with E-state index >= 15 is 0 Å². The molecule has 196 valence electrons. The topological polar surface area (TPSA) is 41.5 Å². The van der Waals surface area contributed by atoms with Crippen molar-refractivity contribution < 1.29 is 36.2 Å². The third-order valence-electron chi connectivity index (χ3n) is 7.07. The first kappa shape index (κ1) is 26.7. The average Bonchev–Trinajstić information content (AvgIpc) is 2.76. The smallest absolute Gasteiger partial charge is 0.430 e. The van der Waals surface area contributed by atoms with E-state index in [0.29, 0.717) is 29.7 Å². The Kier molecular flexibility index (Phi) is 6.61. The molecule has 36 heavy (non-hydrogen) atoms. The van der Waals surface area contributed by atoms with Crippen LogP contribution in [0.15, 0.2) is 52.9 Å². The van der Waals surface area contributed by atoms with Gasteiger partial charge in [-0.3, -0.25) is 0 Å². The molecule has 2 aromatic rings. The molecule has 0 aliphatic carbocycles. The minimum absolute atomic E-state index is 0.143. The molecule has 4 rings (SSSR count). The Bertz CT molecular complexity index is 1170. The molecule has 0 saturated heterocycles. The molecular weight excluding hydrogens is 504 g/mol. The lowest BCUT2D eigenvalue weighted by molar-refractivity contribution is -0.376. The number of aliphatic hydroxyl groups is 1. The molecule has 2 aliphatic heterocycles. The van der Waals surface area contributed by atoms with Gasteiger partial charge in [-0.05, 0) is 54.7 Å². The lowest BCUT2D eigenvalue weighted by Crippen LogP contribution is -2.54. The van der Waals surface area contributed by atoms with E-state index < -0.39 is 28.9 Å². The SMILES string of the molecule is CC(C)=CCOc1cccc2c1SCC1C2Nc2ccc(C(O)(C(F)(F)F)C(F)(F)F)cc2C1(C)C. The van der Waals surface area contributed by atoms with Crippen LogP contribution in [0.2, 0.25) is 0 Å². The van der Waals surface area contributed by atoms with Gasteiger partial charge in [0.2, 0.25) is 0 Å². The Balaban J connectivity index is 1.76. The quantitative estimate of drug-likeness (QED) is 0.317. The van der Waals surface area contributed by atoms with Crippen molar-refractivity contribution in [1.82, 2.24) is 0 Å². The Morgan fingerprint density at radius 2 is 1.78 bits per heavy atom. The van der Waals surface area contributed by atoms with Gasteiger partial charge in [-0.15, -0.1) is 11.8 Å². The number of hydrogen-bond acceptors (Lipinski definition) is 4. The number of hydrogen-bond donors (Lipinski definition) is 2. The summed E-state index contributed by atoms with van der Waals surface area (Å²) in [7, 11) is 0. The van der Waals surface area contributed by atoms with E-state index in [1.54, 1.807) is 11.8 Å². The summed E-state index contributed by atoms with van der Waals surface area (Å²) in [6.07, 6.45) is -9.90. The van der Waals surface area contributed by atoms with Crippen LogP contribution in [0, 0.1) is 5.92 Å². The van der Waals surface area contributed by atoms with E-state index in [1.807, 2.05) is 52.0 Å². The summed E-state index contributed by atoms with van der Waals surface area (Å²) < 4.78 is 87.0. The molecule has 3 nitrogen and oxygen atoms in total. The van der Waals surface area contributed by atoms with Crippen molar-refractivity contribution in [3.8, 4) is 5.75 Å². The maximum atomic E-state index is 13.5. The van der Waals surface area contributed by atoms with Crippen molar-refractivity contribution >= 4 is 17.4 Å². The summed E-state index contributed by atoms with van der Waals surface area (Å²) in [5.74, 6) is 1.16. The van der Waals surface area contributed by atoms with Gasteiger partial charge in [0.15, 0.2) is 0 Å². The maximum Gasteiger partial charge on any atom is 0.430 e. The molecule has 0 radical (unpaired) electrons. The van der Waals surface area contributed by atoms with Crippen LogP contribution in [-0.2, 0) is 11.0 Å². The van der Waals surface area contributed by atoms with Crippen LogP contribution in [0.1, 0.15) is 50.4 Å². The number of anilines is 1. The first-order valence-corrected chi connectivity index (χ1v) is 12.4. The lowest BCUT2D eigenvalue weighted by atomic mass is 9.65. The molecule has 0 saturated carbocycles. The van der Waals surface area contributed by atoms with Crippen molar-refractivity contribution in [2.24, 2.45) is 5.92 Å².